The van der Waals surface area contributed by atoms with E-state index in [2.05, 4.69) is 15.2 Å². The fourth-order valence-corrected chi connectivity index (χ4v) is 3.60. The molecule has 0 fully saturated rings. The number of thioether (sulfide) groups is 1. The van der Waals surface area contributed by atoms with E-state index in [4.69, 9.17) is 0 Å². The average molecular weight is 376 g/mol. The number of aromatic nitrogens is 2. The molecule has 2 aromatic carbocycles. The molecule has 1 aliphatic rings. The zero-order valence-corrected chi connectivity index (χ0v) is 15.3. The molecule has 0 bridgehead atoms. The molecule has 1 aromatic heterocycles. The van der Waals surface area contributed by atoms with Gasteiger partial charge >= 0.3 is 0 Å². The van der Waals surface area contributed by atoms with Crippen molar-refractivity contribution in [3.63, 3.8) is 0 Å². The monoisotopic (exact) mass is 376 g/mol. The quantitative estimate of drug-likeness (QED) is 0.678. The van der Waals surface area contributed by atoms with Gasteiger partial charge < -0.3 is 10.0 Å². The molecule has 1 aliphatic heterocycles. The van der Waals surface area contributed by atoms with E-state index in [0.29, 0.717) is 10.1 Å². The maximum Gasteiger partial charge on any atom is 0.286 e. The molecule has 3 aromatic rings. The Hall–Kier alpha value is -3.32. The highest BCUT2D eigenvalue weighted by atomic mass is 32.2. The van der Waals surface area contributed by atoms with Crippen LogP contribution in [0.1, 0.15) is 5.56 Å². The fraction of sp³-hybridized carbons (Fsp3) is 0.0500. The summed E-state index contributed by atoms with van der Waals surface area (Å²) in [7, 11) is 1.84. The van der Waals surface area contributed by atoms with Crippen molar-refractivity contribution in [2.24, 2.45) is 4.99 Å². The van der Waals surface area contributed by atoms with E-state index in [1.54, 1.807) is 36.5 Å². The number of nitrogens with zero attached hydrogens (tertiary/aromatic N) is 3. The van der Waals surface area contributed by atoms with E-state index in [1.165, 1.54) is 11.8 Å². The van der Waals surface area contributed by atoms with Gasteiger partial charge in [0.25, 0.3) is 5.91 Å². The highest BCUT2D eigenvalue weighted by Crippen LogP contribution is 2.33. The second-order valence-electron chi connectivity index (χ2n) is 5.95. The van der Waals surface area contributed by atoms with Crippen LogP contribution in [-0.2, 0) is 4.79 Å². The van der Waals surface area contributed by atoms with Crippen molar-refractivity contribution in [3.8, 4) is 17.0 Å². The summed E-state index contributed by atoms with van der Waals surface area (Å²) in [5.41, 5.74) is 3.53. The number of carbonyl (C=O) groups is 1. The van der Waals surface area contributed by atoms with Crippen molar-refractivity contribution >= 4 is 34.6 Å². The number of aromatic hydroxyl groups is 1. The number of anilines is 1. The summed E-state index contributed by atoms with van der Waals surface area (Å²) in [6, 6.07) is 16.6. The van der Waals surface area contributed by atoms with E-state index in [1.807, 2.05) is 42.3 Å². The van der Waals surface area contributed by atoms with Crippen LogP contribution in [0, 0.1) is 0 Å². The number of phenols is 1. The maximum atomic E-state index is 12.4. The van der Waals surface area contributed by atoms with Gasteiger partial charge in [0.15, 0.2) is 5.17 Å². The van der Waals surface area contributed by atoms with Crippen LogP contribution in [-0.4, -0.2) is 33.4 Å². The molecule has 7 heteroatoms. The number of amidine groups is 1. The topological polar surface area (TPSA) is 81.6 Å². The number of aliphatic imine (C=N–C) groups is 1. The van der Waals surface area contributed by atoms with E-state index >= 15 is 0 Å². The number of carbonyl (C=O) groups excluding carboxylic acids is 1. The molecule has 27 heavy (non-hydrogen) atoms. The van der Waals surface area contributed by atoms with Crippen LogP contribution in [0.15, 0.2) is 70.7 Å². The minimum Gasteiger partial charge on any atom is -0.508 e. The molecule has 0 saturated heterocycles. The van der Waals surface area contributed by atoms with E-state index < -0.39 is 0 Å². The van der Waals surface area contributed by atoms with Crippen LogP contribution in [0.4, 0.5) is 5.69 Å². The van der Waals surface area contributed by atoms with Gasteiger partial charge in [-0.3, -0.25) is 9.89 Å². The lowest BCUT2D eigenvalue weighted by molar-refractivity contribution is -0.113. The summed E-state index contributed by atoms with van der Waals surface area (Å²) in [5.74, 6) is -0.0842. The molecular weight excluding hydrogens is 360 g/mol. The summed E-state index contributed by atoms with van der Waals surface area (Å²) in [5, 5.41) is 17.1. The Morgan fingerprint density at radius 3 is 2.59 bits per heavy atom. The van der Waals surface area contributed by atoms with Gasteiger partial charge in [0, 0.05) is 23.9 Å². The molecule has 2 heterocycles. The highest BCUT2D eigenvalue weighted by molar-refractivity contribution is 8.18. The van der Waals surface area contributed by atoms with Crippen molar-refractivity contribution in [1.82, 2.24) is 10.2 Å². The first-order valence-corrected chi connectivity index (χ1v) is 9.07. The minimum absolute atomic E-state index is 0.193. The first-order chi connectivity index (χ1) is 13.1. The molecule has 4 rings (SSSR count). The summed E-state index contributed by atoms with van der Waals surface area (Å²) >= 11 is 1.31. The zero-order valence-electron chi connectivity index (χ0n) is 14.5. The molecular formula is C20H16N4O2S. The fourth-order valence-electron chi connectivity index (χ4n) is 2.71. The average Bonchev–Trinajstić information content (AvgIpc) is 3.30. The predicted octanol–water partition coefficient (Wildman–Crippen LogP) is 3.89. The second-order valence-corrected chi connectivity index (χ2v) is 6.96. The second kappa shape index (κ2) is 7.13. The number of hydrogen-bond donors (Lipinski definition) is 2. The maximum absolute atomic E-state index is 12.4. The van der Waals surface area contributed by atoms with Gasteiger partial charge in [-0.25, -0.2) is 0 Å². The molecule has 0 unspecified atom stereocenters. The molecule has 0 radical (unpaired) electrons. The van der Waals surface area contributed by atoms with E-state index in [-0.39, 0.29) is 11.7 Å². The Bertz CT molecular complexity index is 1040. The number of H-pyrrole nitrogens is 1. The predicted molar refractivity (Wildman–Crippen MR) is 109 cm³/mol. The highest BCUT2D eigenvalue weighted by Gasteiger charge is 2.25. The Balaban J connectivity index is 1.58. The number of aromatic amines is 1. The van der Waals surface area contributed by atoms with Gasteiger partial charge in [-0.2, -0.15) is 10.1 Å². The number of hydrogen-bond acceptors (Lipinski definition) is 5. The number of rotatable bonds is 3. The van der Waals surface area contributed by atoms with Crippen molar-refractivity contribution in [3.05, 3.63) is 71.3 Å². The van der Waals surface area contributed by atoms with E-state index in [0.717, 1.165) is 22.5 Å². The number of benzene rings is 2. The Morgan fingerprint density at radius 2 is 1.85 bits per heavy atom. The summed E-state index contributed by atoms with van der Waals surface area (Å²) < 4.78 is 0. The van der Waals surface area contributed by atoms with Crippen LogP contribution in [0.5, 0.6) is 5.75 Å². The normalized spacial score (nSPS) is 15.2. The molecule has 0 aliphatic carbocycles. The first kappa shape index (κ1) is 17.1. The first-order valence-electron chi connectivity index (χ1n) is 8.26. The molecule has 6 nitrogen and oxygen atoms in total. The Labute approximate surface area is 160 Å². The summed E-state index contributed by atoms with van der Waals surface area (Å²) in [4.78, 5) is 18.9. The lowest BCUT2D eigenvalue weighted by atomic mass is 10.1. The summed E-state index contributed by atoms with van der Waals surface area (Å²) in [6.45, 7) is 0. The van der Waals surface area contributed by atoms with Crippen molar-refractivity contribution in [2.75, 3.05) is 11.9 Å². The van der Waals surface area contributed by atoms with Gasteiger partial charge in [0.05, 0.1) is 16.8 Å². The minimum atomic E-state index is -0.277. The van der Waals surface area contributed by atoms with Crippen LogP contribution in [0.2, 0.25) is 0 Å². The van der Waals surface area contributed by atoms with Crippen LogP contribution >= 0.6 is 11.8 Å². The van der Waals surface area contributed by atoms with Crippen molar-refractivity contribution in [2.45, 2.75) is 0 Å². The third-order valence-corrected chi connectivity index (χ3v) is 5.21. The molecule has 134 valence electrons. The Kier molecular flexibility index (Phi) is 4.52. The standard InChI is InChI=1S/C20H16N4O2S/c1-24(15-7-9-16(25)10-8-15)20-22-19(26)17(27-20)11-14-12-21-23-18(14)13-5-3-2-4-6-13/h2-12,25H,1H3,(H,21,23)/b17-11-. The van der Waals surface area contributed by atoms with Gasteiger partial charge in [0.1, 0.15) is 5.75 Å². The largest absolute Gasteiger partial charge is 0.508 e. The van der Waals surface area contributed by atoms with E-state index in [9.17, 15) is 9.90 Å². The lowest BCUT2D eigenvalue weighted by Gasteiger charge is -2.17. The van der Waals surface area contributed by atoms with Crippen LogP contribution < -0.4 is 4.90 Å². The van der Waals surface area contributed by atoms with Crippen molar-refractivity contribution < 1.29 is 9.90 Å². The van der Waals surface area contributed by atoms with Gasteiger partial charge in [0.2, 0.25) is 0 Å². The van der Waals surface area contributed by atoms with Gasteiger partial charge in [-0.1, -0.05) is 30.3 Å². The van der Waals surface area contributed by atoms with Crippen LogP contribution in [0.25, 0.3) is 17.3 Å². The lowest BCUT2D eigenvalue weighted by Crippen LogP contribution is -2.21. The number of phenolic OH excluding ortho intramolecular Hbond substituents is 1. The Morgan fingerprint density at radius 1 is 1.11 bits per heavy atom. The third-order valence-electron chi connectivity index (χ3n) is 4.15. The SMILES string of the molecule is CN(C1=NC(=O)/C(=C/c2cn[nH]c2-c2ccccc2)S1)c1ccc(O)cc1. The van der Waals surface area contributed by atoms with Crippen LogP contribution in [0.3, 0.4) is 0 Å². The van der Waals surface area contributed by atoms with Gasteiger partial charge in [-0.05, 0) is 42.1 Å². The molecule has 0 spiro atoms. The molecule has 1 amide bonds. The molecule has 2 N–H and O–H groups in total. The smallest absolute Gasteiger partial charge is 0.286 e. The molecule has 0 atom stereocenters. The summed E-state index contributed by atoms with van der Waals surface area (Å²) in [6.07, 6.45) is 3.50. The van der Waals surface area contributed by atoms with Gasteiger partial charge in [-0.15, -0.1) is 0 Å². The molecule has 0 saturated carbocycles. The number of nitrogens with one attached hydrogen (secondary N) is 1. The van der Waals surface area contributed by atoms with Crippen molar-refractivity contribution in [1.29, 1.82) is 0 Å². The zero-order chi connectivity index (χ0) is 18.8. The third kappa shape index (κ3) is 3.50. The number of amides is 1.